The van der Waals surface area contributed by atoms with E-state index < -0.39 is 0 Å². The molecule has 0 saturated heterocycles. The van der Waals surface area contributed by atoms with Crippen molar-refractivity contribution in [1.29, 1.82) is 0 Å². The van der Waals surface area contributed by atoms with Crippen molar-refractivity contribution in [2.24, 2.45) is 17.0 Å². The molecule has 0 amide bonds. The molecule has 1 N–H and O–H groups in total. The number of carbonyl (C=O) groups is 1. The number of aromatic nitrogens is 1. The molecule has 2 aliphatic carbocycles. The summed E-state index contributed by atoms with van der Waals surface area (Å²) in [5.41, 5.74) is 4.16. The second kappa shape index (κ2) is 9.71. The van der Waals surface area contributed by atoms with Crippen LogP contribution >= 0.6 is 11.6 Å². The molecule has 34 heavy (non-hydrogen) atoms. The first-order valence-electron chi connectivity index (χ1n) is 12.0. The number of anilines is 1. The lowest BCUT2D eigenvalue weighted by Gasteiger charge is -2.23. The van der Waals surface area contributed by atoms with Crippen molar-refractivity contribution in [2.75, 3.05) is 19.0 Å². The molecule has 0 bridgehead atoms. The van der Waals surface area contributed by atoms with Crippen molar-refractivity contribution in [3.05, 3.63) is 52.0 Å². The Kier molecular flexibility index (Phi) is 6.50. The summed E-state index contributed by atoms with van der Waals surface area (Å²) in [6, 6.07) is 9.42. The fraction of sp³-hybridized carbons (Fsp3) is 0.407. The summed E-state index contributed by atoms with van der Waals surface area (Å²) in [6.45, 7) is 0.855. The van der Waals surface area contributed by atoms with Gasteiger partial charge in [-0.2, -0.15) is 0 Å². The van der Waals surface area contributed by atoms with Crippen molar-refractivity contribution in [1.82, 2.24) is 4.98 Å². The predicted molar refractivity (Wildman–Crippen MR) is 136 cm³/mol. The van der Waals surface area contributed by atoms with Crippen molar-refractivity contribution in [3.8, 4) is 16.9 Å². The molecular weight excluding hydrogens is 450 g/mol. The lowest BCUT2D eigenvalue weighted by atomic mass is 9.89. The van der Waals surface area contributed by atoms with E-state index in [4.69, 9.17) is 16.3 Å². The summed E-state index contributed by atoms with van der Waals surface area (Å²) < 4.78 is 5.33. The third-order valence-electron chi connectivity index (χ3n) is 7.05. The van der Waals surface area contributed by atoms with Gasteiger partial charge in [0.05, 0.1) is 28.9 Å². The van der Waals surface area contributed by atoms with E-state index in [0.29, 0.717) is 17.2 Å². The van der Waals surface area contributed by atoms with Crippen LogP contribution in [-0.2, 0) is 0 Å². The highest BCUT2D eigenvalue weighted by Crippen LogP contribution is 2.41. The summed E-state index contributed by atoms with van der Waals surface area (Å²) in [5.74, 6) is 1.24. The summed E-state index contributed by atoms with van der Waals surface area (Å²) >= 11 is 6.31. The number of pyridine rings is 1. The van der Waals surface area contributed by atoms with Crippen LogP contribution in [0.2, 0.25) is 5.02 Å². The average Bonchev–Trinajstić information content (AvgIpc) is 3.72. The van der Waals surface area contributed by atoms with Crippen LogP contribution < -0.4 is 10.1 Å². The van der Waals surface area contributed by atoms with Crippen molar-refractivity contribution < 1.29 is 9.53 Å². The average molecular weight is 478 g/mol. The van der Waals surface area contributed by atoms with Gasteiger partial charge >= 0.3 is 0 Å². The van der Waals surface area contributed by atoms with Crippen LogP contribution in [0.1, 0.15) is 55.3 Å². The molecule has 176 valence electrons. The Hall–Kier alpha value is -2.99. The molecule has 6 nitrogen and oxygen atoms in total. The van der Waals surface area contributed by atoms with Crippen molar-refractivity contribution in [3.63, 3.8) is 0 Å². The van der Waals surface area contributed by atoms with E-state index in [0.717, 1.165) is 47.1 Å². The van der Waals surface area contributed by atoms with Gasteiger partial charge < -0.3 is 10.1 Å². The van der Waals surface area contributed by atoms with Crippen molar-refractivity contribution in [2.45, 2.75) is 44.9 Å². The first-order valence-corrected chi connectivity index (χ1v) is 12.4. The van der Waals surface area contributed by atoms with Gasteiger partial charge in [-0.15, -0.1) is 4.91 Å². The van der Waals surface area contributed by atoms with E-state index >= 15 is 0 Å². The van der Waals surface area contributed by atoms with E-state index in [9.17, 15) is 9.70 Å². The van der Waals surface area contributed by atoms with Crippen molar-refractivity contribution >= 4 is 39.7 Å². The zero-order chi connectivity index (χ0) is 23.7. The number of carbonyl (C=O) groups excluding carboxylic acids is 1. The molecule has 0 unspecified atom stereocenters. The zero-order valence-electron chi connectivity index (χ0n) is 19.3. The highest BCUT2D eigenvalue weighted by molar-refractivity contribution is 6.33. The first-order chi connectivity index (χ1) is 16.6. The maximum Gasteiger partial charge on any atom is 0.169 e. The number of nitrogens with one attached hydrogen (secondary N) is 1. The minimum Gasteiger partial charge on any atom is -0.494 e. The normalized spacial score (nSPS) is 16.4. The van der Waals surface area contributed by atoms with Gasteiger partial charge in [0.15, 0.2) is 11.5 Å². The fourth-order valence-electron chi connectivity index (χ4n) is 4.94. The van der Waals surface area contributed by atoms with Crippen LogP contribution in [0.3, 0.4) is 0 Å². The van der Waals surface area contributed by atoms with Crippen LogP contribution in [0.15, 0.2) is 41.7 Å². The molecule has 1 heterocycles. The minimum atomic E-state index is 0.0857. The van der Waals surface area contributed by atoms with Crippen LogP contribution in [0.25, 0.3) is 22.0 Å². The number of Topliss-reactive ketones (excluding diaryl/α,β-unsaturated/α-hetero) is 1. The molecule has 0 radical (unpaired) electrons. The minimum absolute atomic E-state index is 0.0857. The van der Waals surface area contributed by atoms with E-state index in [1.807, 2.05) is 18.2 Å². The molecule has 2 aliphatic rings. The maximum absolute atomic E-state index is 13.1. The number of hydrogen-bond donors (Lipinski definition) is 1. The smallest absolute Gasteiger partial charge is 0.169 e. The van der Waals surface area contributed by atoms with E-state index in [1.54, 1.807) is 18.3 Å². The SMILES string of the molecule is COc1cc(-c2ccc3ncc(C(=O)C4CC4)c(NCC4CCCCC4)c3c2)cc(Cl)c1N=O. The lowest BCUT2D eigenvalue weighted by molar-refractivity contribution is 0.0968. The Labute approximate surface area is 204 Å². The van der Waals surface area contributed by atoms with Gasteiger partial charge in [-0.1, -0.05) is 36.9 Å². The largest absolute Gasteiger partial charge is 0.494 e. The zero-order valence-corrected chi connectivity index (χ0v) is 20.0. The Bertz CT molecular complexity index is 1250. The van der Waals surface area contributed by atoms with Gasteiger partial charge in [-0.05, 0) is 72.2 Å². The van der Waals surface area contributed by atoms with Gasteiger partial charge in [0.2, 0.25) is 0 Å². The van der Waals surface area contributed by atoms with Gasteiger partial charge in [0.1, 0.15) is 5.75 Å². The van der Waals surface area contributed by atoms with Gasteiger partial charge in [0.25, 0.3) is 0 Å². The highest BCUT2D eigenvalue weighted by atomic mass is 35.5. The number of hydrogen-bond acceptors (Lipinski definition) is 6. The molecule has 2 saturated carbocycles. The highest BCUT2D eigenvalue weighted by Gasteiger charge is 2.32. The molecular formula is C27H28ClN3O3. The van der Waals surface area contributed by atoms with E-state index in [1.165, 1.54) is 39.2 Å². The van der Waals surface area contributed by atoms with Gasteiger partial charge in [0, 0.05) is 24.0 Å². The Morgan fingerprint density at radius 3 is 2.62 bits per heavy atom. The number of ketones is 1. The lowest BCUT2D eigenvalue weighted by Crippen LogP contribution is -2.19. The number of halogens is 1. The molecule has 1 aromatic heterocycles. The second-order valence-corrected chi connectivity index (χ2v) is 9.81. The second-order valence-electron chi connectivity index (χ2n) is 9.40. The van der Waals surface area contributed by atoms with Crippen LogP contribution in [0.4, 0.5) is 11.4 Å². The summed E-state index contributed by atoms with van der Waals surface area (Å²) in [7, 11) is 1.48. The summed E-state index contributed by atoms with van der Waals surface area (Å²) in [5, 5.41) is 7.79. The molecule has 5 rings (SSSR count). The summed E-state index contributed by atoms with van der Waals surface area (Å²) in [4.78, 5) is 28.9. The number of nitrogens with zero attached hydrogens (tertiary/aromatic N) is 2. The molecule has 7 heteroatoms. The Morgan fingerprint density at radius 1 is 1.12 bits per heavy atom. The first kappa shape index (κ1) is 22.8. The molecule has 0 spiro atoms. The number of rotatable bonds is 8. The van der Waals surface area contributed by atoms with Crippen LogP contribution in [-0.4, -0.2) is 24.4 Å². The predicted octanol–water partition coefficient (Wildman–Crippen LogP) is 7.55. The number of fused-ring (bicyclic) bond motifs is 1. The Balaban J connectivity index is 1.59. The molecule has 0 aliphatic heterocycles. The molecule has 2 aromatic carbocycles. The molecule has 2 fully saturated rings. The number of ether oxygens (including phenoxy) is 1. The van der Waals surface area contributed by atoms with Gasteiger partial charge in [-0.25, -0.2) is 0 Å². The third-order valence-corrected chi connectivity index (χ3v) is 7.33. The van der Waals surface area contributed by atoms with Gasteiger partial charge in [-0.3, -0.25) is 9.78 Å². The quantitative estimate of drug-likeness (QED) is 0.267. The fourth-order valence-corrected chi connectivity index (χ4v) is 5.18. The van der Waals surface area contributed by atoms with E-state index in [-0.39, 0.29) is 22.4 Å². The van der Waals surface area contributed by atoms with Crippen LogP contribution in [0, 0.1) is 16.7 Å². The monoisotopic (exact) mass is 477 g/mol. The molecule has 3 aromatic rings. The number of benzene rings is 2. The maximum atomic E-state index is 13.1. The Morgan fingerprint density at radius 2 is 1.91 bits per heavy atom. The number of methoxy groups -OCH3 is 1. The topological polar surface area (TPSA) is 80.7 Å². The van der Waals surface area contributed by atoms with E-state index in [2.05, 4.69) is 15.5 Å². The van der Waals surface area contributed by atoms with Crippen LogP contribution in [0.5, 0.6) is 5.75 Å². The standard InChI is InChI=1S/C27H28ClN3O3/c1-34-24-13-19(12-22(28)26(24)31-33)18-9-10-23-20(11-18)25(30-14-16-5-3-2-4-6-16)21(15-29-23)27(32)17-7-8-17/h9-13,15-17H,2-8,14H2,1H3,(H,29,30). The summed E-state index contributed by atoms with van der Waals surface area (Å²) in [6.07, 6.45) is 9.95. The number of nitroso groups, excluding NO2 is 1. The third kappa shape index (κ3) is 4.51. The molecule has 0 atom stereocenters.